The summed E-state index contributed by atoms with van der Waals surface area (Å²) in [7, 11) is 0. The van der Waals surface area contributed by atoms with Crippen molar-refractivity contribution in [2.75, 3.05) is 6.61 Å². The maximum absolute atomic E-state index is 5.78. The molecule has 2 nitrogen and oxygen atoms in total. The molecule has 106 valence electrons. The maximum Gasteiger partial charge on any atom is 0.0811 e. The Morgan fingerprint density at radius 2 is 1.90 bits per heavy atom. The topological polar surface area (TPSA) is 22.1 Å². The molecule has 0 spiro atoms. The van der Waals surface area contributed by atoms with Gasteiger partial charge in [0.05, 0.1) is 11.8 Å². The predicted octanol–water partition coefficient (Wildman–Crippen LogP) is 5.39. The molecule has 0 N–H and O–H groups in total. The van der Waals surface area contributed by atoms with E-state index in [-0.39, 0.29) is 6.10 Å². The van der Waals surface area contributed by atoms with Crippen molar-refractivity contribution in [2.45, 2.75) is 32.8 Å². The summed E-state index contributed by atoms with van der Waals surface area (Å²) in [6.07, 6.45) is 4.28. The van der Waals surface area contributed by atoms with Crippen LogP contribution in [0.5, 0.6) is 0 Å². The van der Waals surface area contributed by atoms with E-state index in [1.165, 1.54) is 0 Å². The number of rotatable bonds is 6. The molecule has 0 aliphatic rings. The monoisotopic (exact) mass is 333 g/mol. The number of pyridine rings is 1. The SMILES string of the molecule is CCCCOC(C)c1ccc(-c2ccc(Br)cc2)nc1. The van der Waals surface area contributed by atoms with Crippen LogP contribution in [-0.2, 0) is 4.74 Å². The van der Waals surface area contributed by atoms with Crippen LogP contribution in [0, 0.1) is 0 Å². The lowest BCUT2D eigenvalue weighted by Crippen LogP contribution is -2.02. The molecule has 1 heterocycles. The third kappa shape index (κ3) is 4.15. The first-order valence-electron chi connectivity index (χ1n) is 7.04. The Labute approximate surface area is 129 Å². The lowest BCUT2D eigenvalue weighted by Gasteiger charge is -2.13. The Kier molecular flexibility index (Phi) is 5.74. The highest BCUT2D eigenvalue weighted by molar-refractivity contribution is 9.10. The Morgan fingerprint density at radius 3 is 2.50 bits per heavy atom. The van der Waals surface area contributed by atoms with Gasteiger partial charge in [-0.2, -0.15) is 0 Å². The third-order valence-electron chi connectivity index (χ3n) is 3.26. The molecule has 0 amide bonds. The van der Waals surface area contributed by atoms with Gasteiger partial charge < -0.3 is 4.74 Å². The van der Waals surface area contributed by atoms with Gasteiger partial charge in [-0.1, -0.05) is 47.5 Å². The minimum atomic E-state index is 0.105. The molecule has 1 atom stereocenters. The van der Waals surface area contributed by atoms with Crippen molar-refractivity contribution in [1.29, 1.82) is 0 Å². The third-order valence-corrected chi connectivity index (χ3v) is 3.79. The van der Waals surface area contributed by atoms with Crippen LogP contribution in [-0.4, -0.2) is 11.6 Å². The molecule has 3 heteroatoms. The fourth-order valence-electron chi connectivity index (χ4n) is 1.94. The number of unbranched alkanes of at least 4 members (excludes halogenated alkanes) is 1. The van der Waals surface area contributed by atoms with Gasteiger partial charge in [-0.25, -0.2) is 0 Å². The van der Waals surface area contributed by atoms with Crippen LogP contribution in [0.1, 0.15) is 38.4 Å². The normalized spacial score (nSPS) is 12.3. The zero-order valence-corrected chi connectivity index (χ0v) is 13.6. The van der Waals surface area contributed by atoms with Crippen molar-refractivity contribution < 1.29 is 4.74 Å². The van der Waals surface area contributed by atoms with Crippen LogP contribution in [0.25, 0.3) is 11.3 Å². The number of aromatic nitrogens is 1. The van der Waals surface area contributed by atoms with Crippen molar-refractivity contribution >= 4 is 15.9 Å². The van der Waals surface area contributed by atoms with E-state index in [9.17, 15) is 0 Å². The molecule has 0 aliphatic heterocycles. The highest BCUT2D eigenvalue weighted by Crippen LogP contribution is 2.22. The Bertz CT molecular complexity index is 522. The summed E-state index contributed by atoms with van der Waals surface area (Å²) in [6.45, 7) is 5.06. The van der Waals surface area contributed by atoms with Gasteiger partial charge in [0.1, 0.15) is 0 Å². The number of hydrogen-bond donors (Lipinski definition) is 0. The number of nitrogens with zero attached hydrogens (tertiary/aromatic N) is 1. The summed E-state index contributed by atoms with van der Waals surface area (Å²) in [6, 6.07) is 12.3. The van der Waals surface area contributed by atoms with E-state index >= 15 is 0 Å². The number of hydrogen-bond acceptors (Lipinski definition) is 2. The van der Waals surface area contributed by atoms with Crippen molar-refractivity contribution in [1.82, 2.24) is 4.98 Å². The molecule has 0 fully saturated rings. The summed E-state index contributed by atoms with van der Waals surface area (Å²) >= 11 is 3.44. The summed E-state index contributed by atoms with van der Waals surface area (Å²) in [5.41, 5.74) is 3.24. The molecule has 0 saturated carbocycles. The van der Waals surface area contributed by atoms with E-state index < -0.39 is 0 Å². The second-order valence-electron chi connectivity index (χ2n) is 4.85. The van der Waals surface area contributed by atoms with Crippen molar-refractivity contribution in [3.8, 4) is 11.3 Å². The Morgan fingerprint density at radius 1 is 1.15 bits per heavy atom. The van der Waals surface area contributed by atoms with E-state index in [1.807, 2.05) is 18.3 Å². The van der Waals surface area contributed by atoms with E-state index in [1.54, 1.807) is 0 Å². The van der Waals surface area contributed by atoms with Crippen LogP contribution in [0.4, 0.5) is 0 Å². The average molecular weight is 334 g/mol. The Balaban J connectivity index is 2.04. The largest absolute Gasteiger partial charge is 0.374 e. The number of ether oxygens (including phenoxy) is 1. The molecule has 1 unspecified atom stereocenters. The van der Waals surface area contributed by atoms with Gasteiger partial charge in [0.2, 0.25) is 0 Å². The quantitative estimate of drug-likeness (QED) is 0.661. The summed E-state index contributed by atoms with van der Waals surface area (Å²) in [5, 5.41) is 0. The highest BCUT2D eigenvalue weighted by atomic mass is 79.9. The fourth-order valence-corrected chi connectivity index (χ4v) is 2.20. The lowest BCUT2D eigenvalue weighted by molar-refractivity contribution is 0.0635. The zero-order valence-electron chi connectivity index (χ0n) is 12.0. The van der Waals surface area contributed by atoms with Crippen LogP contribution in [0.15, 0.2) is 47.1 Å². The van der Waals surface area contributed by atoms with Crippen LogP contribution in [0.2, 0.25) is 0 Å². The van der Waals surface area contributed by atoms with Crippen LogP contribution in [0.3, 0.4) is 0 Å². The molecular weight excluding hydrogens is 314 g/mol. The summed E-state index contributed by atoms with van der Waals surface area (Å²) in [4.78, 5) is 4.53. The molecule has 0 aliphatic carbocycles. The highest BCUT2D eigenvalue weighted by Gasteiger charge is 2.07. The lowest BCUT2D eigenvalue weighted by atomic mass is 10.1. The number of benzene rings is 1. The summed E-state index contributed by atoms with van der Waals surface area (Å²) < 4.78 is 6.86. The van der Waals surface area contributed by atoms with Crippen molar-refractivity contribution in [2.24, 2.45) is 0 Å². The molecule has 2 rings (SSSR count). The fraction of sp³-hybridized carbons (Fsp3) is 0.353. The van der Waals surface area contributed by atoms with Gasteiger partial charge in [-0.05, 0) is 37.1 Å². The van der Waals surface area contributed by atoms with Crippen molar-refractivity contribution in [3.05, 3.63) is 52.6 Å². The van der Waals surface area contributed by atoms with E-state index in [0.29, 0.717) is 0 Å². The summed E-state index contributed by atoms with van der Waals surface area (Å²) in [5.74, 6) is 0. The molecule has 1 aromatic heterocycles. The smallest absolute Gasteiger partial charge is 0.0811 e. The first-order chi connectivity index (χ1) is 9.70. The minimum Gasteiger partial charge on any atom is -0.374 e. The van der Waals surface area contributed by atoms with Gasteiger partial charge in [-0.3, -0.25) is 4.98 Å². The van der Waals surface area contributed by atoms with E-state index in [2.05, 4.69) is 59.0 Å². The van der Waals surface area contributed by atoms with Crippen LogP contribution >= 0.6 is 15.9 Å². The second-order valence-corrected chi connectivity index (χ2v) is 5.77. The van der Waals surface area contributed by atoms with Crippen LogP contribution < -0.4 is 0 Å². The van der Waals surface area contributed by atoms with E-state index in [4.69, 9.17) is 4.74 Å². The first kappa shape index (κ1) is 15.2. The van der Waals surface area contributed by atoms with Gasteiger partial charge in [0, 0.05) is 22.8 Å². The Hall–Kier alpha value is -1.19. The minimum absolute atomic E-state index is 0.105. The van der Waals surface area contributed by atoms with Gasteiger partial charge in [-0.15, -0.1) is 0 Å². The molecular formula is C17H20BrNO. The van der Waals surface area contributed by atoms with E-state index in [0.717, 1.165) is 40.7 Å². The second kappa shape index (κ2) is 7.55. The van der Waals surface area contributed by atoms with Gasteiger partial charge in [0.25, 0.3) is 0 Å². The van der Waals surface area contributed by atoms with Crippen molar-refractivity contribution in [3.63, 3.8) is 0 Å². The molecule has 20 heavy (non-hydrogen) atoms. The molecule has 0 bridgehead atoms. The molecule has 0 radical (unpaired) electrons. The molecule has 0 saturated heterocycles. The zero-order chi connectivity index (χ0) is 14.4. The predicted molar refractivity (Wildman–Crippen MR) is 86.6 cm³/mol. The standard InChI is InChI=1S/C17H20BrNO/c1-3-4-11-20-13(2)15-7-10-17(19-12-15)14-5-8-16(18)9-6-14/h5-10,12-13H,3-4,11H2,1-2H3. The number of halogens is 1. The molecule has 2 aromatic rings. The first-order valence-corrected chi connectivity index (χ1v) is 7.83. The maximum atomic E-state index is 5.78. The average Bonchev–Trinajstić information content (AvgIpc) is 2.48. The van der Waals surface area contributed by atoms with Gasteiger partial charge >= 0.3 is 0 Å². The van der Waals surface area contributed by atoms with Gasteiger partial charge in [0.15, 0.2) is 0 Å². The molecule has 1 aromatic carbocycles.